The minimum Gasteiger partial charge on any atom is -0.316 e. The van der Waals surface area contributed by atoms with E-state index in [-0.39, 0.29) is 0 Å². The smallest absolute Gasteiger partial charge is 0.0155 e. The summed E-state index contributed by atoms with van der Waals surface area (Å²) in [4.78, 5) is 0. The highest BCUT2D eigenvalue weighted by molar-refractivity contribution is 5.30. The van der Waals surface area contributed by atoms with Gasteiger partial charge in [0.15, 0.2) is 0 Å². The SMILES string of the molecule is CCC(C)(C)C(Cc1ccc(C)c(C)c1)NC. The molecule has 17 heavy (non-hydrogen) atoms. The van der Waals surface area contributed by atoms with Crippen molar-refractivity contribution in [2.45, 2.75) is 53.5 Å². The molecule has 0 saturated heterocycles. The Kier molecular flexibility index (Phi) is 4.76. The van der Waals surface area contributed by atoms with Crippen LogP contribution in [0.1, 0.15) is 43.9 Å². The first-order valence-electron chi connectivity index (χ1n) is 6.64. The Hall–Kier alpha value is -0.820. The fourth-order valence-corrected chi connectivity index (χ4v) is 2.18. The normalized spacial score (nSPS) is 13.8. The summed E-state index contributed by atoms with van der Waals surface area (Å²) in [6.07, 6.45) is 2.31. The van der Waals surface area contributed by atoms with Gasteiger partial charge in [0.05, 0.1) is 0 Å². The van der Waals surface area contributed by atoms with Gasteiger partial charge in [-0.1, -0.05) is 39.0 Å². The van der Waals surface area contributed by atoms with Crippen LogP contribution in [-0.4, -0.2) is 13.1 Å². The van der Waals surface area contributed by atoms with Gasteiger partial charge in [-0.05, 0) is 55.8 Å². The monoisotopic (exact) mass is 233 g/mol. The van der Waals surface area contributed by atoms with Gasteiger partial charge in [-0.25, -0.2) is 0 Å². The molecule has 1 aromatic carbocycles. The van der Waals surface area contributed by atoms with E-state index >= 15 is 0 Å². The van der Waals surface area contributed by atoms with Crippen molar-refractivity contribution < 1.29 is 0 Å². The van der Waals surface area contributed by atoms with Crippen molar-refractivity contribution in [3.05, 3.63) is 34.9 Å². The van der Waals surface area contributed by atoms with Crippen LogP contribution in [0.25, 0.3) is 0 Å². The minimum absolute atomic E-state index is 0.341. The molecule has 0 amide bonds. The Bertz CT molecular complexity index is 366. The van der Waals surface area contributed by atoms with Gasteiger partial charge in [0.25, 0.3) is 0 Å². The Morgan fingerprint density at radius 1 is 1.18 bits per heavy atom. The fourth-order valence-electron chi connectivity index (χ4n) is 2.18. The highest BCUT2D eigenvalue weighted by Crippen LogP contribution is 2.27. The third-order valence-corrected chi connectivity index (χ3v) is 4.21. The number of nitrogens with one attached hydrogen (secondary N) is 1. The molecule has 1 unspecified atom stereocenters. The number of aryl methyl sites for hydroxylation is 2. The predicted molar refractivity (Wildman–Crippen MR) is 76.5 cm³/mol. The Morgan fingerprint density at radius 3 is 2.29 bits per heavy atom. The third kappa shape index (κ3) is 3.57. The van der Waals surface area contributed by atoms with Gasteiger partial charge in [-0.15, -0.1) is 0 Å². The van der Waals surface area contributed by atoms with Gasteiger partial charge >= 0.3 is 0 Å². The van der Waals surface area contributed by atoms with Crippen LogP contribution in [0.15, 0.2) is 18.2 Å². The molecule has 0 aliphatic carbocycles. The first-order valence-corrected chi connectivity index (χ1v) is 6.64. The van der Waals surface area contributed by atoms with Gasteiger partial charge in [0.1, 0.15) is 0 Å². The van der Waals surface area contributed by atoms with E-state index in [1.54, 1.807) is 0 Å². The zero-order chi connectivity index (χ0) is 13.1. The Morgan fingerprint density at radius 2 is 1.82 bits per heavy atom. The van der Waals surface area contributed by atoms with Crippen molar-refractivity contribution in [1.29, 1.82) is 0 Å². The van der Waals surface area contributed by atoms with Gasteiger partial charge < -0.3 is 5.32 Å². The Balaban J connectivity index is 2.84. The summed E-state index contributed by atoms with van der Waals surface area (Å²) in [7, 11) is 2.07. The van der Waals surface area contributed by atoms with E-state index in [0.717, 1.165) is 6.42 Å². The molecular weight excluding hydrogens is 206 g/mol. The van der Waals surface area contributed by atoms with Crippen molar-refractivity contribution in [2.75, 3.05) is 7.05 Å². The van der Waals surface area contributed by atoms with Crippen LogP contribution < -0.4 is 5.32 Å². The first-order chi connectivity index (χ1) is 7.90. The number of likely N-dealkylation sites (N-methyl/N-ethyl adjacent to an activating group) is 1. The molecule has 0 spiro atoms. The number of hydrogen-bond donors (Lipinski definition) is 1. The lowest BCUT2D eigenvalue weighted by Crippen LogP contribution is -2.41. The molecule has 0 bridgehead atoms. The molecule has 0 saturated carbocycles. The summed E-state index contributed by atoms with van der Waals surface area (Å²) in [5.41, 5.74) is 4.55. The molecule has 1 atom stereocenters. The van der Waals surface area contributed by atoms with Crippen LogP contribution in [0.2, 0.25) is 0 Å². The second-order valence-electron chi connectivity index (χ2n) is 5.81. The van der Waals surface area contributed by atoms with Gasteiger partial charge in [-0.3, -0.25) is 0 Å². The third-order valence-electron chi connectivity index (χ3n) is 4.21. The van der Waals surface area contributed by atoms with E-state index in [4.69, 9.17) is 0 Å². The van der Waals surface area contributed by atoms with E-state index in [1.807, 2.05) is 0 Å². The Labute approximate surface area is 107 Å². The second kappa shape index (κ2) is 5.68. The highest BCUT2D eigenvalue weighted by atomic mass is 14.9. The van der Waals surface area contributed by atoms with Gasteiger partial charge in [0.2, 0.25) is 0 Å². The largest absolute Gasteiger partial charge is 0.316 e. The van der Waals surface area contributed by atoms with Gasteiger partial charge in [-0.2, -0.15) is 0 Å². The lowest BCUT2D eigenvalue weighted by atomic mass is 9.79. The quantitative estimate of drug-likeness (QED) is 0.814. The topological polar surface area (TPSA) is 12.0 Å². The molecule has 0 fully saturated rings. The molecular formula is C16H27N. The van der Waals surface area contributed by atoms with E-state index < -0.39 is 0 Å². The maximum absolute atomic E-state index is 3.48. The van der Waals surface area contributed by atoms with Crippen LogP contribution >= 0.6 is 0 Å². The molecule has 1 rings (SSSR count). The van der Waals surface area contributed by atoms with Crippen LogP contribution in [0, 0.1) is 19.3 Å². The molecule has 0 aliphatic heterocycles. The summed E-state index contributed by atoms with van der Waals surface area (Å²) in [5.74, 6) is 0. The molecule has 96 valence electrons. The summed E-state index contributed by atoms with van der Waals surface area (Å²) in [6.45, 7) is 11.3. The van der Waals surface area contributed by atoms with Crippen LogP contribution in [0.3, 0.4) is 0 Å². The number of benzene rings is 1. The maximum atomic E-state index is 3.48. The van der Waals surface area contributed by atoms with Crippen molar-refractivity contribution in [1.82, 2.24) is 5.32 Å². The lowest BCUT2D eigenvalue weighted by Gasteiger charge is -2.33. The predicted octanol–water partition coefficient (Wildman–Crippen LogP) is 3.87. The summed E-state index contributed by atoms with van der Waals surface area (Å²) in [5, 5.41) is 3.48. The summed E-state index contributed by atoms with van der Waals surface area (Å²) >= 11 is 0. The molecule has 1 N–H and O–H groups in total. The summed E-state index contributed by atoms with van der Waals surface area (Å²) in [6, 6.07) is 7.36. The van der Waals surface area contributed by atoms with Crippen molar-refractivity contribution in [3.8, 4) is 0 Å². The second-order valence-corrected chi connectivity index (χ2v) is 5.81. The van der Waals surface area contributed by atoms with Crippen molar-refractivity contribution >= 4 is 0 Å². The maximum Gasteiger partial charge on any atom is 0.0155 e. The van der Waals surface area contributed by atoms with Crippen molar-refractivity contribution in [2.24, 2.45) is 5.41 Å². The molecule has 0 aromatic heterocycles. The average Bonchev–Trinajstić information content (AvgIpc) is 2.30. The van der Waals surface area contributed by atoms with Crippen molar-refractivity contribution in [3.63, 3.8) is 0 Å². The lowest BCUT2D eigenvalue weighted by molar-refractivity contribution is 0.240. The zero-order valence-electron chi connectivity index (χ0n) is 12.2. The number of hydrogen-bond acceptors (Lipinski definition) is 1. The number of rotatable bonds is 5. The molecule has 0 radical (unpaired) electrons. The highest BCUT2D eigenvalue weighted by Gasteiger charge is 2.26. The summed E-state index contributed by atoms with van der Waals surface area (Å²) < 4.78 is 0. The van der Waals surface area contributed by atoms with Crippen LogP contribution in [0.5, 0.6) is 0 Å². The van der Waals surface area contributed by atoms with E-state index in [0.29, 0.717) is 11.5 Å². The molecule has 0 aliphatic rings. The fraction of sp³-hybridized carbons (Fsp3) is 0.625. The molecule has 0 heterocycles. The van der Waals surface area contributed by atoms with Crippen LogP contribution in [-0.2, 0) is 6.42 Å². The standard InChI is InChI=1S/C16H27N/c1-7-16(4,5)15(17-6)11-14-9-8-12(2)13(3)10-14/h8-10,15,17H,7,11H2,1-6H3. The first kappa shape index (κ1) is 14.2. The molecule has 1 heteroatoms. The van der Waals surface area contributed by atoms with Gasteiger partial charge in [0, 0.05) is 6.04 Å². The van der Waals surface area contributed by atoms with Crippen LogP contribution in [0.4, 0.5) is 0 Å². The van der Waals surface area contributed by atoms with E-state index in [1.165, 1.54) is 23.1 Å². The minimum atomic E-state index is 0.341. The van der Waals surface area contributed by atoms with E-state index in [2.05, 4.69) is 65.2 Å². The zero-order valence-corrected chi connectivity index (χ0v) is 12.2. The van der Waals surface area contributed by atoms with E-state index in [9.17, 15) is 0 Å². The average molecular weight is 233 g/mol. The molecule has 1 aromatic rings. The molecule has 1 nitrogen and oxygen atoms in total.